The van der Waals surface area contributed by atoms with Gasteiger partial charge in [0.05, 0.1) is 10.2 Å². The number of fused-ring (bicyclic) bond motifs is 1. The Morgan fingerprint density at radius 3 is 2.65 bits per heavy atom. The first-order chi connectivity index (χ1) is 10.7. The largest absolute Gasteiger partial charge is 0.407 e. The number of nitrogens with zero attached hydrogens (tertiary/aromatic N) is 1. The van der Waals surface area contributed by atoms with Crippen LogP contribution in [-0.2, 0) is 14.8 Å². The van der Waals surface area contributed by atoms with Gasteiger partial charge in [-0.2, -0.15) is 17.9 Å². The topological polar surface area (TPSA) is 68.3 Å². The van der Waals surface area contributed by atoms with Crippen molar-refractivity contribution in [3.8, 4) is 0 Å². The molecule has 0 radical (unpaired) electrons. The highest BCUT2D eigenvalue weighted by molar-refractivity contribution is 7.89. The lowest BCUT2D eigenvalue weighted by Crippen LogP contribution is -2.61. The number of nitrogens with one attached hydrogen (secondary N) is 1. The molecule has 1 fully saturated rings. The van der Waals surface area contributed by atoms with E-state index in [1.54, 1.807) is 11.4 Å². The lowest BCUT2D eigenvalue weighted by Gasteiger charge is -2.38. The van der Waals surface area contributed by atoms with E-state index in [1.165, 1.54) is 17.4 Å². The van der Waals surface area contributed by atoms with Crippen molar-refractivity contribution in [2.24, 2.45) is 0 Å². The van der Waals surface area contributed by atoms with Crippen LogP contribution in [0, 0.1) is 0 Å². The van der Waals surface area contributed by atoms with Crippen LogP contribution in [0.5, 0.6) is 0 Å². The number of ether oxygens (including phenoxy) is 1. The maximum Gasteiger partial charge on any atom is 0.407 e. The van der Waals surface area contributed by atoms with E-state index in [0.29, 0.717) is 10.2 Å². The van der Waals surface area contributed by atoms with Gasteiger partial charge in [0.15, 0.2) is 0 Å². The molecular formula is C13H13F3N2O3S2. The normalized spacial score (nSPS) is 19.1. The summed E-state index contributed by atoms with van der Waals surface area (Å²) in [6, 6.07) is 3.04. The Hall–Kier alpha value is -1.23. The van der Waals surface area contributed by atoms with Crippen molar-refractivity contribution in [3.63, 3.8) is 0 Å². The highest BCUT2D eigenvalue weighted by Crippen LogP contribution is 2.39. The Morgan fingerprint density at radius 2 is 2.00 bits per heavy atom. The molecule has 10 heteroatoms. The van der Waals surface area contributed by atoms with E-state index < -0.39 is 34.6 Å². The minimum Gasteiger partial charge on any atom is -0.381 e. The molecular weight excluding hydrogens is 353 g/mol. The third-order valence-electron chi connectivity index (χ3n) is 3.81. The zero-order valence-corrected chi connectivity index (χ0v) is 13.4. The molecule has 2 aromatic rings. The van der Waals surface area contributed by atoms with Gasteiger partial charge in [-0.05, 0) is 30.4 Å². The lowest BCUT2D eigenvalue weighted by molar-refractivity contribution is -0.210. The van der Waals surface area contributed by atoms with E-state index in [4.69, 9.17) is 4.74 Å². The molecule has 0 amide bonds. The van der Waals surface area contributed by atoms with Crippen molar-refractivity contribution >= 4 is 31.6 Å². The molecule has 3 heterocycles. The average Bonchev–Trinajstić information content (AvgIpc) is 2.94. The molecule has 0 unspecified atom stereocenters. The molecule has 1 N–H and O–H groups in total. The Morgan fingerprint density at radius 1 is 1.30 bits per heavy atom. The fraction of sp³-hybridized carbons (Fsp3) is 0.462. The monoisotopic (exact) mass is 366 g/mol. The van der Waals surface area contributed by atoms with E-state index in [2.05, 4.69) is 4.98 Å². The average molecular weight is 366 g/mol. The minimum atomic E-state index is -4.70. The number of halogens is 3. The first-order valence-corrected chi connectivity index (χ1v) is 9.12. The van der Waals surface area contributed by atoms with Crippen molar-refractivity contribution in [3.05, 3.63) is 23.7 Å². The Labute approximate surface area is 134 Å². The van der Waals surface area contributed by atoms with Crippen LogP contribution < -0.4 is 4.72 Å². The summed E-state index contributed by atoms with van der Waals surface area (Å²) in [7, 11) is -4.35. The second kappa shape index (κ2) is 5.69. The summed E-state index contributed by atoms with van der Waals surface area (Å²) in [5.41, 5.74) is -1.90. The number of hydrogen-bond donors (Lipinski definition) is 1. The van der Waals surface area contributed by atoms with E-state index in [9.17, 15) is 21.6 Å². The molecule has 0 bridgehead atoms. The van der Waals surface area contributed by atoms with Crippen LogP contribution in [0.25, 0.3) is 10.2 Å². The molecule has 126 valence electrons. The van der Waals surface area contributed by atoms with E-state index in [0.717, 1.165) is 6.20 Å². The van der Waals surface area contributed by atoms with Crippen molar-refractivity contribution in [1.82, 2.24) is 9.71 Å². The zero-order valence-electron chi connectivity index (χ0n) is 11.8. The molecule has 1 aliphatic rings. The summed E-state index contributed by atoms with van der Waals surface area (Å²) in [5, 5.41) is 1.73. The third-order valence-corrected chi connectivity index (χ3v) is 6.16. The van der Waals surface area contributed by atoms with Crippen molar-refractivity contribution in [2.45, 2.75) is 29.5 Å². The molecule has 0 aliphatic carbocycles. The van der Waals surface area contributed by atoms with E-state index in [1.807, 2.05) is 4.72 Å². The highest BCUT2D eigenvalue weighted by Gasteiger charge is 2.57. The van der Waals surface area contributed by atoms with Crippen molar-refractivity contribution < 1.29 is 26.3 Å². The van der Waals surface area contributed by atoms with Crippen molar-refractivity contribution in [2.75, 3.05) is 13.2 Å². The number of pyridine rings is 1. The van der Waals surface area contributed by atoms with Gasteiger partial charge in [-0.15, -0.1) is 11.3 Å². The maximum absolute atomic E-state index is 13.4. The van der Waals surface area contributed by atoms with Gasteiger partial charge in [-0.3, -0.25) is 4.98 Å². The van der Waals surface area contributed by atoms with Gasteiger partial charge in [0, 0.05) is 19.4 Å². The molecule has 23 heavy (non-hydrogen) atoms. The van der Waals surface area contributed by atoms with Crippen LogP contribution in [0.2, 0.25) is 0 Å². The second-order valence-corrected chi connectivity index (χ2v) is 7.90. The molecule has 1 aliphatic heterocycles. The maximum atomic E-state index is 13.4. The predicted molar refractivity (Wildman–Crippen MR) is 78.8 cm³/mol. The SMILES string of the molecule is O=S(=O)(NC1(C(F)(F)F)CCOCC1)c1cnc2ccsc2c1. The van der Waals surface area contributed by atoms with Gasteiger partial charge in [0.25, 0.3) is 0 Å². The predicted octanol–water partition coefficient (Wildman–Crippen LogP) is 2.69. The second-order valence-electron chi connectivity index (χ2n) is 5.27. The summed E-state index contributed by atoms with van der Waals surface area (Å²) in [6.07, 6.45) is -4.54. The van der Waals surface area contributed by atoms with E-state index >= 15 is 0 Å². The summed E-state index contributed by atoms with van der Waals surface area (Å²) in [5.74, 6) is 0. The van der Waals surface area contributed by atoms with Crippen LogP contribution >= 0.6 is 11.3 Å². The minimum absolute atomic E-state index is 0.149. The van der Waals surface area contributed by atoms with Gasteiger partial charge >= 0.3 is 6.18 Å². The molecule has 0 atom stereocenters. The number of aromatic nitrogens is 1. The molecule has 2 aromatic heterocycles. The van der Waals surface area contributed by atoms with Crippen LogP contribution in [0.1, 0.15) is 12.8 Å². The Balaban J connectivity index is 1.97. The summed E-state index contributed by atoms with van der Waals surface area (Å²) >= 11 is 1.27. The van der Waals surface area contributed by atoms with Crippen LogP contribution in [-0.4, -0.2) is 38.3 Å². The van der Waals surface area contributed by atoms with Gasteiger partial charge in [0.2, 0.25) is 10.0 Å². The van der Waals surface area contributed by atoms with E-state index in [-0.39, 0.29) is 18.1 Å². The summed E-state index contributed by atoms with van der Waals surface area (Å²) in [6.45, 7) is -0.297. The number of sulfonamides is 1. The zero-order chi connectivity index (χ0) is 16.7. The summed E-state index contributed by atoms with van der Waals surface area (Å²) < 4.78 is 72.6. The number of rotatable bonds is 3. The smallest absolute Gasteiger partial charge is 0.381 e. The third kappa shape index (κ3) is 3.08. The van der Waals surface area contributed by atoms with Crippen LogP contribution in [0.15, 0.2) is 28.6 Å². The fourth-order valence-corrected chi connectivity index (χ4v) is 4.73. The molecule has 3 rings (SSSR count). The molecule has 1 saturated heterocycles. The quantitative estimate of drug-likeness (QED) is 0.907. The molecule has 5 nitrogen and oxygen atoms in total. The van der Waals surface area contributed by atoms with Crippen molar-refractivity contribution in [1.29, 1.82) is 0 Å². The standard InChI is InChI=1S/C13H13F3N2O3S2/c14-13(15,16)12(2-4-21-5-3-12)18-23(19,20)9-7-11-10(17-8-9)1-6-22-11/h1,6-8,18H,2-5H2. The van der Waals surface area contributed by atoms with Gasteiger partial charge in [-0.25, -0.2) is 8.42 Å². The van der Waals surface area contributed by atoms with Gasteiger partial charge < -0.3 is 4.74 Å². The number of alkyl halides is 3. The highest BCUT2D eigenvalue weighted by atomic mass is 32.2. The Bertz CT molecular complexity index is 811. The fourth-order valence-electron chi connectivity index (χ4n) is 2.45. The lowest BCUT2D eigenvalue weighted by atomic mass is 9.91. The van der Waals surface area contributed by atoms with Gasteiger partial charge in [0.1, 0.15) is 10.4 Å². The molecule has 0 spiro atoms. The first kappa shape index (κ1) is 16.6. The van der Waals surface area contributed by atoms with Crippen LogP contribution in [0.3, 0.4) is 0 Å². The Kier molecular flexibility index (Phi) is 4.11. The molecule has 0 aromatic carbocycles. The number of thiophene rings is 1. The first-order valence-electron chi connectivity index (χ1n) is 6.75. The van der Waals surface area contributed by atoms with Gasteiger partial charge in [-0.1, -0.05) is 0 Å². The number of hydrogen-bond acceptors (Lipinski definition) is 5. The van der Waals surface area contributed by atoms with Crippen LogP contribution in [0.4, 0.5) is 13.2 Å². The summed E-state index contributed by atoms with van der Waals surface area (Å²) in [4.78, 5) is 3.70. The molecule has 0 saturated carbocycles.